The van der Waals surface area contributed by atoms with Crippen LogP contribution in [0, 0.1) is 5.92 Å². The Balaban J connectivity index is 1.43. The highest BCUT2D eigenvalue weighted by atomic mass is 16.5. The van der Waals surface area contributed by atoms with Crippen LogP contribution in [0.15, 0.2) is 30.3 Å². The van der Waals surface area contributed by atoms with E-state index in [0.29, 0.717) is 38.6 Å². The van der Waals surface area contributed by atoms with Crippen LogP contribution in [0.2, 0.25) is 0 Å². The van der Waals surface area contributed by atoms with Gasteiger partial charge in [0, 0.05) is 25.9 Å². The van der Waals surface area contributed by atoms with Crippen LogP contribution in [0.25, 0.3) is 0 Å². The van der Waals surface area contributed by atoms with Gasteiger partial charge < -0.3 is 9.64 Å². The SMILES string of the molecule is Cn1nnc2c1C(COCc1ccccc1)CN(C(=O)CC1CC1)C2. The van der Waals surface area contributed by atoms with E-state index in [4.69, 9.17) is 4.74 Å². The van der Waals surface area contributed by atoms with Crippen LogP contribution in [0.3, 0.4) is 0 Å². The monoisotopic (exact) mass is 340 g/mol. The van der Waals surface area contributed by atoms with E-state index >= 15 is 0 Å². The fraction of sp³-hybridized carbons (Fsp3) is 0.526. The van der Waals surface area contributed by atoms with E-state index in [1.54, 1.807) is 0 Å². The van der Waals surface area contributed by atoms with Gasteiger partial charge >= 0.3 is 0 Å². The van der Waals surface area contributed by atoms with Crippen LogP contribution in [-0.4, -0.2) is 39.0 Å². The van der Waals surface area contributed by atoms with Crippen molar-refractivity contribution >= 4 is 5.91 Å². The van der Waals surface area contributed by atoms with Gasteiger partial charge in [0.1, 0.15) is 5.69 Å². The molecule has 2 aliphatic rings. The first-order valence-electron chi connectivity index (χ1n) is 8.98. The summed E-state index contributed by atoms with van der Waals surface area (Å²) in [6.45, 7) is 2.41. The average molecular weight is 340 g/mol. The number of fused-ring (bicyclic) bond motifs is 1. The molecule has 1 unspecified atom stereocenters. The number of nitrogens with zero attached hydrogens (tertiary/aromatic N) is 4. The Morgan fingerprint density at radius 2 is 2.08 bits per heavy atom. The van der Waals surface area contributed by atoms with Crippen molar-refractivity contribution in [3.63, 3.8) is 0 Å². The first-order chi connectivity index (χ1) is 12.2. The summed E-state index contributed by atoms with van der Waals surface area (Å²) in [5.74, 6) is 0.964. The molecule has 0 N–H and O–H groups in total. The number of ether oxygens (including phenoxy) is 1. The molecular weight excluding hydrogens is 316 g/mol. The number of hydrogen-bond acceptors (Lipinski definition) is 4. The van der Waals surface area contributed by atoms with Crippen molar-refractivity contribution in [1.29, 1.82) is 0 Å². The van der Waals surface area contributed by atoms with Crippen molar-refractivity contribution in [2.75, 3.05) is 13.2 Å². The molecule has 4 rings (SSSR count). The third kappa shape index (κ3) is 3.74. The second-order valence-corrected chi connectivity index (χ2v) is 7.16. The lowest BCUT2D eigenvalue weighted by Crippen LogP contribution is -2.40. The largest absolute Gasteiger partial charge is 0.376 e. The zero-order valence-corrected chi connectivity index (χ0v) is 14.6. The van der Waals surface area contributed by atoms with Gasteiger partial charge in [-0.2, -0.15) is 0 Å². The summed E-state index contributed by atoms with van der Waals surface area (Å²) < 4.78 is 7.78. The molecule has 1 amide bonds. The number of carbonyl (C=O) groups is 1. The average Bonchev–Trinajstić information content (AvgIpc) is 3.36. The maximum absolute atomic E-state index is 12.5. The second-order valence-electron chi connectivity index (χ2n) is 7.16. The molecule has 0 bridgehead atoms. The summed E-state index contributed by atoms with van der Waals surface area (Å²) in [6, 6.07) is 10.1. The molecule has 25 heavy (non-hydrogen) atoms. The molecule has 2 aromatic rings. The third-order valence-corrected chi connectivity index (χ3v) is 5.06. The van der Waals surface area contributed by atoms with E-state index in [1.807, 2.05) is 34.8 Å². The van der Waals surface area contributed by atoms with Gasteiger partial charge in [-0.15, -0.1) is 5.10 Å². The number of amides is 1. The van der Waals surface area contributed by atoms with Gasteiger partial charge in [-0.05, 0) is 24.3 Å². The van der Waals surface area contributed by atoms with Crippen molar-refractivity contribution < 1.29 is 9.53 Å². The summed E-state index contributed by atoms with van der Waals surface area (Å²) in [4.78, 5) is 14.5. The highest BCUT2D eigenvalue weighted by Crippen LogP contribution is 2.34. The Bertz CT molecular complexity index is 739. The molecule has 0 radical (unpaired) electrons. The summed E-state index contributed by atoms with van der Waals surface area (Å²) in [6.07, 6.45) is 3.06. The quantitative estimate of drug-likeness (QED) is 0.809. The molecule has 0 saturated heterocycles. The Hall–Kier alpha value is -2.21. The first kappa shape index (κ1) is 16.3. The van der Waals surface area contributed by atoms with E-state index < -0.39 is 0 Å². The zero-order valence-electron chi connectivity index (χ0n) is 14.6. The van der Waals surface area contributed by atoms with E-state index in [-0.39, 0.29) is 11.8 Å². The lowest BCUT2D eigenvalue weighted by Gasteiger charge is -2.32. The van der Waals surface area contributed by atoms with Crippen LogP contribution < -0.4 is 0 Å². The third-order valence-electron chi connectivity index (χ3n) is 5.06. The maximum atomic E-state index is 12.5. The summed E-state index contributed by atoms with van der Waals surface area (Å²) in [5, 5.41) is 8.42. The summed E-state index contributed by atoms with van der Waals surface area (Å²) in [7, 11) is 1.91. The molecule has 6 nitrogen and oxygen atoms in total. The number of benzene rings is 1. The predicted molar refractivity (Wildman–Crippen MR) is 92.6 cm³/mol. The molecule has 1 atom stereocenters. The first-order valence-corrected chi connectivity index (χ1v) is 8.98. The van der Waals surface area contributed by atoms with Crippen LogP contribution in [0.5, 0.6) is 0 Å². The molecule has 2 heterocycles. The zero-order chi connectivity index (χ0) is 17.2. The fourth-order valence-corrected chi connectivity index (χ4v) is 3.53. The standard InChI is InChI=1S/C19H24N4O2/c1-22-19-16(13-25-12-15-5-3-2-4-6-15)10-23(11-17(19)20-21-22)18(24)9-14-7-8-14/h2-6,14,16H,7-13H2,1H3. The van der Waals surface area contributed by atoms with Gasteiger partial charge in [-0.1, -0.05) is 35.5 Å². The number of carbonyl (C=O) groups excluding carboxylic acids is 1. The van der Waals surface area contributed by atoms with Gasteiger partial charge in [0.2, 0.25) is 5.91 Å². The van der Waals surface area contributed by atoms with Crippen LogP contribution >= 0.6 is 0 Å². The van der Waals surface area contributed by atoms with Crippen LogP contribution in [0.1, 0.15) is 42.1 Å². The Morgan fingerprint density at radius 3 is 2.84 bits per heavy atom. The number of hydrogen-bond donors (Lipinski definition) is 0. The van der Waals surface area contributed by atoms with E-state index in [9.17, 15) is 4.79 Å². The Morgan fingerprint density at radius 1 is 1.28 bits per heavy atom. The molecule has 6 heteroatoms. The summed E-state index contributed by atoms with van der Waals surface area (Å²) >= 11 is 0. The van der Waals surface area contributed by atoms with Crippen molar-refractivity contribution in [1.82, 2.24) is 19.9 Å². The Kier molecular flexibility index (Phi) is 4.53. The molecule has 1 aliphatic heterocycles. The van der Waals surface area contributed by atoms with Gasteiger partial charge in [-0.3, -0.25) is 9.48 Å². The Labute approximate surface area is 147 Å². The van der Waals surface area contributed by atoms with Gasteiger partial charge in [0.05, 0.1) is 25.5 Å². The number of aryl methyl sites for hydroxylation is 1. The minimum absolute atomic E-state index is 0.121. The molecule has 1 saturated carbocycles. The van der Waals surface area contributed by atoms with E-state index in [2.05, 4.69) is 22.4 Å². The minimum atomic E-state index is 0.121. The highest BCUT2D eigenvalue weighted by Gasteiger charge is 2.34. The number of rotatable bonds is 6. The predicted octanol–water partition coefficient (Wildman–Crippen LogP) is 2.26. The normalized spacial score (nSPS) is 19.7. The maximum Gasteiger partial charge on any atom is 0.223 e. The second kappa shape index (κ2) is 6.96. The molecular formula is C19H24N4O2. The molecule has 0 spiro atoms. The topological polar surface area (TPSA) is 60.2 Å². The summed E-state index contributed by atoms with van der Waals surface area (Å²) in [5.41, 5.74) is 3.16. The van der Waals surface area contributed by atoms with Crippen molar-refractivity contribution in [2.24, 2.45) is 13.0 Å². The highest BCUT2D eigenvalue weighted by molar-refractivity contribution is 5.77. The molecule has 1 fully saturated rings. The van der Waals surface area contributed by atoms with Crippen molar-refractivity contribution in [3.8, 4) is 0 Å². The van der Waals surface area contributed by atoms with E-state index in [1.165, 1.54) is 12.8 Å². The smallest absolute Gasteiger partial charge is 0.223 e. The van der Waals surface area contributed by atoms with Gasteiger partial charge in [0.25, 0.3) is 0 Å². The lowest BCUT2D eigenvalue weighted by molar-refractivity contribution is -0.133. The molecule has 1 aromatic heterocycles. The molecule has 1 aliphatic carbocycles. The minimum Gasteiger partial charge on any atom is -0.376 e. The van der Waals surface area contributed by atoms with E-state index in [0.717, 1.165) is 17.0 Å². The molecule has 1 aromatic carbocycles. The van der Waals surface area contributed by atoms with Gasteiger partial charge in [-0.25, -0.2) is 0 Å². The van der Waals surface area contributed by atoms with Crippen LogP contribution in [0.4, 0.5) is 0 Å². The number of aromatic nitrogens is 3. The molecule has 132 valence electrons. The lowest BCUT2D eigenvalue weighted by atomic mass is 9.98. The van der Waals surface area contributed by atoms with Gasteiger partial charge in [0.15, 0.2) is 0 Å². The van der Waals surface area contributed by atoms with Crippen LogP contribution in [-0.2, 0) is 29.7 Å². The van der Waals surface area contributed by atoms with Crippen molar-refractivity contribution in [3.05, 3.63) is 47.3 Å². The van der Waals surface area contributed by atoms with Crippen molar-refractivity contribution in [2.45, 2.75) is 38.3 Å². The fourth-order valence-electron chi connectivity index (χ4n) is 3.53.